The summed E-state index contributed by atoms with van der Waals surface area (Å²) < 4.78 is 0. The number of hydrogen-bond acceptors (Lipinski definition) is 2. The van der Waals surface area contributed by atoms with Gasteiger partial charge in [-0.1, -0.05) is 49.7 Å². The van der Waals surface area contributed by atoms with Gasteiger partial charge in [-0.25, -0.2) is 0 Å². The van der Waals surface area contributed by atoms with E-state index in [0.29, 0.717) is 23.6 Å². The van der Waals surface area contributed by atoms with Crippen LogP contribution in [0.25, 0.3) is 0 Å². The third-order valence-corrected chi connectivity index (χ3v) is 9.17. The predicted molar refractivity (Wildman–Crippen MR) is 101 cm³/mol. The maximum atomic E-state index is 11.8. The molecular formula is C20H35BrO2. The third kappa shape index (κ3) is 3.06. The molecule has 0 aromatic carbocycles. The Hall–Kier alpha value is 0.140. The lowest BCUT2D eigenvalue weighted by atomic mass is 9.44. The first-order chi connectivity index (χ1) is 10.4. The van der Waals surface area contributed by atoms with Crippen molar-refractivity contribution in [3.05, 3.63) is 12.7 Å². The van der Waals surface area contributed by atoms with E-state index in [4.69, 9.17) is 0 Å². The topological polar surface area (TPSA) is 40.5 Å². The van der Waals surface area contributed by atoms with Crippen LogP contribution < -0.4 is 0 Å². The van der Waals surface area contributed by atoms with Crippen molar-refractivity contribution in [2.24, 2.45) is 22.7 Å². The summed E-state index contributed by atoms with van der Waals surface area (Å²) in [7, 11) is 0. The summed E-state index contributed by atoms with van der Waals surface area (Å²) in [4.78, 5) is 0.516. The molecule has 0 amide bonds. The average Bonchev–Trinajstić information content (AvgIpc) is 2.47. The molecule has 2 aliphatic carbocycles. The molecule has 2 rings (SSSR count). The monoisotopic (exact) mass is 386 g/mol. The average molecular weight is 387 g/mol. The van der Waals surface area contributed by atoms with Gasteiger partial charge in [0.25, 0.3) is 0 Å². The lowest BCUT2D eigenvalue weighted by Gasteiger charge is -2.64. The zero-order chi connectivity index (χ0) is 17.7. The molecule has 0 saturated heterocycles. The van der Waals surface area contributed by atoms with Crippen LogP contribution in [0.4, 0.5) is 0 Å². The molecular weight excluding hydrogens is 352 g/mol. The highest BCUT2D eigenvalue weighted by Gasteiger charge is 2.62. The summed E-state index contributed by atoms with van der Waals surface area (Å²) in [6, 6.07) is 0. The quantitative estimate of drug-likeness (QED) is 0.522. The highest BCUT2D eigenvalue weighted by molar-refractivity contribution is 9.09. The van der Waals surface area contributed by atoms with Gasteiger partial charge in [-0.3, -0.25) is 0 Å². The summed E-state index contributed by atoms with van der Waals surface area (Å²) >= 11 is 3.90. The Labute approximate surface area is 150 Å². The SMILES string of the molecule is C=C[C@@](C)(O)CC[C@]1(O)[C@@H](C)CC[C@@H]2C(C)(C)[C@H](Br)CC[C@]21C. The first-order valence-corrected chi connectivity index (χ1v) is 10.0. The van der Waals surface area contributed by atoms with Crippen molar-refractivity contribution in [3.63, 3.8) is 0 Å². The van der Waals surface area contributed by atoms with Crippen LogP contribution in [0.1, 0.15) is 73.1 Å². The van der Waals surface area contributed by atoms with E-state index in [1.54, 1.807) is 13.0 Å². The minimum absolute atomic E-state index is 0.0876. The number of halogens is 1. The van der Waals surface area contributed by atoms with Crippen LogP contribution >= 0.6 is 15.9 Å². The molecule has 3 heteroatoms. The molecule has 134 valence electrons. The molecule has 0 radical (unpaired) electrons. The van der Waals surface area contributed by atoms with Crippen molar-refractivity contribution in [3.8, 4) is 0 Å². The van der Waals surface area contributed by atoms with Crippen molar-refractivity contribution in [2.75, 3.05) is 0 Å². The molecule has 2 N–H and O–H groups in total. The molecule has 2 aliphatic rings. The van der Waals surface area contributed by atoms with E-state index in [1.807, 2.05) is 0 Å². The van der Waals surface area contributed by atoms with E-state index in [1.165, 1.54) is 6.42 Å². The Bertz CT molecular complexity index is 459. The lowest BCUT2D eigenvalue weighted by Crippen LogP contribution is -2.64. The second-order valence-corrected chi connectivity index (χ2v) is 10.4. The zero-order valence-corrected chi connectivity index (χ0v) is 17.1. The number of hydrogen-bond donors (Lipinski definition) is 2. The summed E-state index contributed by atoms with van der Waals surface area (Å²) in [5.41, 5.74) is -1.52. The van der Waals surface area contributed by atoms with Crippen LogP contribution in [0.15, 0.2) is 12.7 Å². The van der Waals surface area contributed by atoms with Crippen LogP contribution in [0, 0.1) is 22.7 Å². The van der Waals surface area contributed by atoms with E-state index in [2.05, 4.69) is 50.2 Å². The predicted octanol–water partition coefficient (Wildman–Crippen LogP) is 5.07. The first kappa shape index (κ1) is 19.5. The van der Waals surface area contributed by atoms with Crippen molar-refractivity contribution in [2.45, 2.75) is 89.2 Å². The Kier molecular flexibility index (Phi) is 5.20. The Morgan fingerprint density at radius 1 is 1.26 bits per heavy atom. The van der Waals surface area contributed by atoms with Gasteiger partial charge in [0.05, 0.1) is 11.2 Å². The number of alkyl halides is 1. The maximum Gasteiger partial charge on any atom is 0.0798 e. The standard InChI is InChI=1S/C20H35BrO2/c1-7-18(5,22)12-13-20(23)14(2)8-9-15-17(3,4)16(21)10-11-19(15,20)6/h7,14-16,22-23H,1,8-13H2,2-6H3/t14-,15+,16+,18+,19+,20-/m0/s1. The molecule has 2 nitrogen and oxygen atoms in total. The third-order valence-electron chi connectivity index (χ3n) is 7.54. The van der Waals surface area contributed by atoms with Crippen LogP contribution in [-0.4, -0.2) is 26.2 Å². The molecule has 0 heterocycles. The Balaban J connectivity index is 2.35. The molecule has 0 bridgehead atoms. The zero-order valence-electron chi connectivity index (χ0n) is 15.5. The van der Waals surface area contributed by atoms with Gasteiger partial charge in [-0.05, 0) is 68.1 Å². The van der Waals surface area contributed by atoms with Crippen LogP contribution in [0.3, 0.4) is 0 Å². The van der Waals surface area contributed by atoms with Crippen molar-refractivity contribution in [1.82, 2.24) is 0 Å². The van der Waals surface area contributed by atoms with E-state index in [9.17, 15) is 10.2 Å². The second-order valence-electron chi connectivity index (χ2n) is 9.26. The number of aliphatic hydroxyl groups is 2. The largest absolute Gasteiger partial charge is 0.389 e. The molecule has 2 saturated carbocycles. The van der Waals surface area contributed by atoms with Gasteiger partial charge in [0.2, 0.25) is 0 Å². The van der Waals surface area contributed by atoms with Gasteiger partial charge in [0, 0.05) is 4.83 Å². The molecule has 2 fully saturated rings. The minimum atomic E-state index is -0.902. The molecule has 0 unspecified atom stereocenters. The number of rotatable bonds is 4. The van der Waals surface area contributed by atoms with Crippen LogP contribution in [-0.2, 0) is 0 Å². The normalized spacial score (nSPS) is 45.8. The van der Waals surface area contributed by atoms with Crippen molar-refractivity contribution < 1.29 is 10.2 Å². The van der Waals surface area contributed by atoms with Crippen LogP contribution in [0.5, 0.6) is 0 Å². The van der Waals surface area contributed by atoms with E-state index >= 15 is 0 Å². The molecule has 0 aromatic rings. The molecule has 23 heavy (non-hydrogen) atoms. The fraction of sp³-hybridized carbons (Fsp3) is 0.900. The fourth-order valence-electron chi connectivity index (χ4n) is 5.52. The summed E-state index contributed by atoms with van der Waals surface area (Å²) in [5.74, 6) is 0.773. The second kappa shape index (κ2) is 6.14. The molecule has 6 atom stereocenters. The van der Waals surface area contributed by atoms with Gasteiger partial charge in [-0.15, -0.1) is 6.58 Å². The smallest absolute Gasteiger partial charge is 0.0798 e. The maximum absolute atomic E-state index is 11.8. The van der Waals surface area contributed by atoms with E-state index in [-0.39, 0.29) is 16.7 Å². The molecule has 0 aromatic heterocycles. The first-order valence-electron chi connectivity index (χ1n) is 9.13. The van der Waals surface area contributed by atoms with Gasteiger partial charge in [0.1, 0.15) is 0 Å². The van der Waals surface area contributed by atoms with Crippen molar-refractivity contribution >= 4 is 15.9 Å². The molecule has 0 spiro atoms. The highest BCUT2D eigenvalue weighted by atomic mass is 79.9. The van der Waals surface area contributed by atoms with Crippen LogP contribution in [0.2, 0.25) is 0 Å². The minimum Gasteiger partial charge on any atom is -0.389 e. The van der Waals surface area contributed by atoms with Gasteiger partial charge >= 0.3 is 0 Å². The number of fused-ring (bicyclic) bond motifs is 1. The summed E-state index contributed by atoms with van der Waals surface area (Å²) in [6.45, 7) is 14.7. The highest BCUT2D eigenvalue weighted by Crippen LogP contribution is 2.64. The van der Waals surface area contributed by atoms with Gasteiger partial charge in [-0.2, -0.15) is 0 Å². The Morgan fingerprint density at radius 3 is 2.43 bits per heavy atom. The summed E-state index contributed by atoms with van der Waals surface area (Å²) in [5, 5.41) is 22.2. The van der Waals surface area contributed by atoms with Gasteiger partial charge in [0.15, 0.2) is 0 Å². The van der Waals surface area contributed by atoms with Crippen molar-refractivity contribution in [1.29, 1.82) is 0 Å². The van der Waals surface area contributed by atoms with E-state index in [0.717, 1.165) is 19.3 Å². The summed E-state index contributed by atoms with van der Waals surface area (Å²) in [6.07, 6.45) is 7.22. The fourth-order valence-corrected chi connectivity index (χ4v) is 6.06. The Morgan fingerprint density at radius 2 is 1.87 bits per heavy atom. The lowest BCUT2D eigenvalue weighted by molar-refractivity contribution is -0.213. The molecule has 0 aliphatic heterocycles. The van der Waals surface area contributed by atoms with E-state index < -0.39 is 11.2 Å². The van der Waals surface area contributed by atoms with Gasteiger partial charge < -0.3 is 10.2 Å².